The normalized spacial score (nSPS) is 20.8. The van der Waals surface area contributed by atoms with Gasteiger partial charge in [0, 0.05) is 25.8 Å². The minimum absolute atomic E-state index is 0.00761. The van der Waals surface area contributed by atoms with E-state index in [9.17, 15) is 18.0 Å². The van der Waals surface area contributed by atoms with Crippen LogP contribution in [0.5, 0.6) is 0 Å². The summed E-state index contributed by atoms with van der Waals surface area (Å²) in [5.74, 6) is -0.0722. The standard InChI is InChI=1S/C24H28N2O5S/c1-4-23(27)26-16(2)15-25(24(28)22-6-5-13-31-22)21-14-18(9-12-20(21)26)17-7-10-19(11-8-17)32(3,29)30/h7-12,14,16,22H,4-6,13,15H2,1-3H3. The van der Waals surface area contributed by atoms with E-state index in [0.717, 1.165) is 17.5 Å². The first kappa shape index (κ1) is 22.5. The van der Waals surface area contributed by atoms with Crippen molar-refractivity contribution in [3.05, 3.63) is 42.5 Å². The molecule has 0 saturated carbocycles. The van der Waals surface area contributed by atoms with E-state index in [0.29, 0.717) is 37.4 Å². The van der Waals surface area contributed by atoms with Crippen LogP contribution in [0.25, 0.3) is 11.1 Å². The Bertz CT molecular complexity index is 1140. The lowest BCUT2D eigenvalue weighted by Gasteiger charge is -2.42. The topological polar surface area (TPSA) is 84.0 Å². The number of carbonyl (C=O) groups excluding carboxylic acids is 2. The largest absolute Gasteiger partial charge is 0.368 e. The highest BCUT2D eigenvalue weighted by Crippen LogP contribution is 2.40. The molecular weight excluding hydrogens is 428 g/mol. The number of amides is 2. The number of hydrogen-bond donors (Lipinski definition) is 0. The Balaban J connectivity index is 1.78. The summed E-state index contributed by atoms with van der Waals surface area (Å²) < 4.78 is 29.2. The first-order chi connectivity index (χ1) is 15.2. The maximum absolute atomic E-state index is 13.3. The molecule has 32 heavy (non-hydrogen) atoms. The van der Waals surface area contributed by atoms with Crippen LogP contribution in [0.2, 0.25) is 0 Å². The Morgan fingerprint density at radius 1 is 1.06 bits per heavy atom. The number of benzene rings is 2. The zero-order valence-electron chi connectivity index (χ0n) is 18.6. The molecule has 0 radical (unpaired) electrons. The summed E-state index contributed by atoms with van der Waals surface area (Å²) in [5.41, 5.74) is 3.05. The summed E-state index contributed by atoms with van der Waals surface area (Å²) in [6, 6.07) is 12.2. The summed E-state index contributed by atoms with van der Waals surface area (Å²) in [4.78, 5) is 29.7. The van der Waals surface area contributed by atoms with E-state index >= 15 is 0 Å². The number of fused-ring (bicyclic) bond motifs is 1. The quantitative estimate of drug-likeness (QED) is 0.704. The van der Waals surface area contributed by atoms with Crippen molar-refractivity contribution < 1.29 is 22.7 Å². The first-order valence-electron chi connectivity index (χ1n) is 10.9. The molecule has 0 bridgehead atoms. The Morgan fingerprint density at radius 3 is 2.34 bits per heavy atom. The molecule has 2 aromatic carbocycles. The molecule has 170 valence electrons. The number of anilines is 2. The molecule has 0 aliphatic carbocycles. The second-order valence-corrected chi connectivity index (χ2v) is 10.4. The van der Waals surface area contributed by atoms with E-state index in [2.05, 4.69) is 0 Å². The smallest absolute Gasteiger partial charge is 0.256 e. The fourth-order valence-electron chi connectivity index (χ4n) is 4.40. The van der Waals surface area contributed by atoms with Crippen molar-refractivity contribution in [3.63, 3.8) is 0 Å². The van der Waals surface area contributed by atoms with Gasteiger partial charge < -0.3 is 14.5 Å². The van der Waals surface area contributed by atoms with Crippen LogP contribution in [0.1, 0.15) is 33.1 Å². The van der Waals surface area contributed by atoms with Crippen LogP contribution in [0.3, 0.4) is 0 Å². The van der Waals surface area contributed by atoms with E-state index in [1.807, 2.05) is 32.0 Å². The summed E-state index contributed by atoms with van der Waals surface area (Å²) in [7, 11) is -3.28. The van der Waals surface area contributed by atoms with Crippen molar-refractivity contribution in [1.29, 1.82) is 0 Å². The number of carbonyl (C=O) groups is 2. The van der Waals surface area contributed by atoms with Gasteiger partial charge in [-0.1, -0.05) is 25.1 Å². The first-order valence-corrected chi connectivity index (χ1v) is 12.8. The van der Waals surface area contributed by atoms with Gasteiger partial charge in [-0.2, -0.15) is 0 Å². The number of rotatable bonds is 4. The second-order valence-electron chi connectivity index (χ2n) is 8.42. The van der Waals surface area contributed by atoms with Crippen LogP contribution in [-0.4, -0.2) is 51.8 Å². The molecule has 2 aromatic rings. The third-order valence-electron chi connectivity index (χ3n) is 6.07. The Morgan fingerprint density at radius 2 is 1.75 bits per heavy atom. The Labute approximate surface area is 188 Å². The predicted molar refractivity (Wildman–Crippen MR) is 124 cm³/mol. The molecule has 0 N–H and O–H groups in total. The average Bonchev–Trinajstić information content (AvgIpc) is 3.32. The number of nitrogens with zero attached hydrogens (tertiary/aromatic N) is 2. The maximum atomic E-state index is 13.3. The SMILES string of the molecule is CCC(=O)N1c2ccc(-c3ccc(S(C)(=O)=O)cc3)cc2N(C(=O)C2CCCO2)CC1C. The predicted octanol–water partition coefficient (Wildman–Crippen LogP) is 3.41. The van der Waals surface area contributed by atoms with Gasteiger partial charge in [-0.25, -0.2) is 8.42 Å². The fourth-order valence-corrected chi connectivity index (χ4v) is 5.04. The Hall–Kier alpha value is -2.71. The lowest BCUT2D eigenvalue weighted by molar-refractivity contribution is -0.127. The zero-order valence-corrected chi connectivity index (χ0v) is 19.4. The summed E-state index contributed by atoms with van der Waals surface area (Å²) in [5, 5.41) is 0. The highest BCUT2D eigenvalue weighted by Gasteiger charge is 2.38. The number of sulfone groups is 1. The zero-order chi connectivity index (χ0) is 23.0. The minimum Gasteiger partial charge on any atom is -0.368 e. The third kappa shape index (κ3) is 4.17. The molecule has 1 fully saturated rings. The van der Waals surface area contributed by atoms with Crippen molar-refractivity contribution in [2.75, 3.05) is 29.2 Å². The minimum atomic E-state index is -3.28. The van der Waals surface area contributed by atoms with E-state index < -0.39 is 15.9 Å². The second kappa shape index (κ2) is 8.67. The van der Waals surface area contributed by atoms with Crippen LogP contribution in [0.4, 0.5) is 11.4 Å². The highest BCUT2D eigenvalue weighted by molar-refractivity contribution is 7.90. The van der Waals surface area contributed by atoms with E-state index in [1.54, 1.807) is 34.1 Å². The number of ether oxygens (including phenoxy) is 1. The number of hydrogen-bond acceptors (Lipinski definition) is 5. The lowest BCUT2D eigenvalue weighted by atomic mass is 9.99. The summed E-state index contributed by atoms with van der Waals surface area (Å²) in [6.45, 7) is 4.76. The molecule has 2 atom stereocenters. The van der Waals surface area contributed by atoms with Crippen LogP contribution in [-0.2, 0) is 24.2 Å². The fraction of sp³-hybridized carbons (Fsp3) is 0.417. The molecule has 2 amide bonds. The van der Waals surface area contributed by atoms with Gasteiger partial charge in [0.1, 0.15) is 6.10 Å². The van der Waals surface area contributed by atoms with Gasteiger partial charge in [0.05, 0.1) is 22.3 Å². The molecule has 0 spiro atoms. The van der Waals surface area contributed by atoms with Crippen molar-refractivity contribution in [2.45, 2.75) is 50.2 Å². The van der Waals surface area contributed by atoms with Gasteiger partial charge >= 0.3 is 0 Å². The van der Waals surface area contributed by atoms with Crippen LogP contribution >= 0.6 is 0 Å². The van der Waals surface area contributed by atoms with Crippen LogP contribution < -0.4 is 9.80 Å². The molecule has 1 saturated heterocycles. The van der Waals surface area contributed by atoms with E-state index in [4.69, 9.17) is 4.74 Å². The molecule has 7 nitrogen and oxygen atoms in total. The van der Waals surface area contributed by atoms with Gasteiger partial charge in [-0.15, -0.1) is 0 Å². The van der Waals surface area contributed by atoms with Gasteiger partial charge in [0.15, 0.2) is 9.84 Å². The summed E-state index contributed by atoms with van der Waals surface area (Å²) >= 11 is 0. The van der Waals surface area contributed by atoms with Gasteiger partial charge in [-0.3, -0.25) is 9.59 Å². The maximum Gasteiger partial charge on any atom is 0.256 e. The average molecular weight is 457 g/mol. The van der Waals surface area contributed by atoms with Crippen molar-refractivity contribution in [2.24, 2.45) is 0 Å². The van der Waals surface area contributed by atoms with Crippen molar-refractivity contribution >= 4 is 33.0 Å². The molecular formula is C24H28N2O5S. The third-order valence-corrected chi connectivity index (χ3v) is 7.20. The molecule has 2 unspecified atom stereocenters. The molecule has 2 heterocycles. The molecule has 2 aliphatic heterocycles. The van der Waals surface area contributed by atoms with E-state index in [-0.39, 0.29) is 22.8 Å². The molecule has 0 aromatic heterocycles. The monoisotopic (exact) mass is 456 g/mol. The van der Waals surface area contributed by atoms with Gasteiger partial charge in [0.2, 0.25) is 5.91 Å². The molecule has 2 aliphatic rings. The van der Waals surface area contributed by atoms with Gasteiger partial charge in [-0.05, 0) is 55.2 Å². The molecule has 8 heteroatoms. The van der Waals surface area contributed by atoms with Crippen molar-refractivity contribution in [3.8, 4) is 11.1 Å². The van der Waals surface area contributed by atoms with E-state index in [1.165, 1.54) is 6.26 Å². The van der Waals surface area contributed by atoms with Gasteiger partial charge in [0.25, 0.3) is 5.91 Å². The van der Waals surface area contributed by atoms with Crippen LogP contribution in [0.15, 0.2) is 47.4 Å². The Kier molecular flexibility index (Phi) is 6.09. The molecule has 4 rings (SSSR count). The van der Waals surface area contributed by atoms with Crippen LogP contribution in [0, 0.1) is 0 Å². The highest BCUT2D eigenvalue weighted by atomic mass is 32.2. The summed E-state index contributed by atoms with van der Waals surface area (Å²) in [6.07, 6.45) is 2.65. The van der Waals surface area contributed by atoms with Crippen molar-refractivity contribution in [1.82, 2.24) is 0 Å². The lowest BCUT2D eigenvalue weighted by Crippen LogP contribution is -2.53.